The van der Waals surface area contributed by atoms with Crippen LogP contribution in [-0.2, 0) is 9.53 Å². The van der Waals surface area contributed by atoms with Gasteiger partial charge in [0, 0.05) is 39.0 Å². The third-order valence-corrected chi connectivity index (χ3v) is 8.12. The number of thiocarbonyl (C=S) groups is 1. The Bertz CT molecular complexity index is 1210. The lowest BCUT2D eigenvalue weighted by atomic mass is 10.2. The quantitative estimate of drug-likeness (QED) is 0.459. The standard InChI is InChI=1S/C24H29N5O3S2/c1-3-26-9-11-27(12-10-26)21-18(22(30)28-8-4-6-16(2)20(28)25-21)14-19-23(31)29(24(33)34-19)15-17-7-5-13-32-17/h4,6,8,14,17H,3,5,7,9-13,15H2,1-2H3/b19-14+. The molecule has 1 amide bonds. The van der Waals surface area contributed by atoms with Gasteiger partial charge in [0.25, 0.3) is 11.5 Å². The van der Waals surface area contributed by atoms with E-state index in [0.29, 0.717) is 32.8 Å². The highest BCUT2D eigenvalue weighted by Gasteiger charge is 2.35. The van der Waals surface area contributed by atoms with Crippen LogP contribution in [0.2, 0.25) is 0 Å². The zero-order chi connectivity index (χ0) is 23.8. The molecule has 0 bridgehead atoms. The molecule has 2 aromatic heterocycles. The maximum atomic E-state index is 13.7. The van der Waals surface area contributed by atoms with E-state index in [0.717, 1.165) is 57.7 Å². The molecule has 2 aromatic rings. The Balaban J connectivity index is 1.55. The number of carbonyl (C=O) groups excluding carboxylic acids is 1. The van der Waals surface area contributed by atoms with Crippen molar-refractivity contribution < 1.29 is 9.53 Å². The molecule has 5 rings (SSSR count). The maximum Gasteiger partial charge on any atom is 0.267 e. The van der Waals surface area contributed by atoms with Crippen molar-refractivity contribution in [3.8, 4) is 0 Å². The number of piperazine rings is 1. The molecule has 0 N–H and O–H groups in total. The fourth-order valence-electron chi connectivity index (χ4n) is 4.72. The Morgan fingerprint density at radius 1 is 1.26 bits per heavy atom. The van der Waals surface area contributed by atoms with E-state index in [1.807, 2.05) is 19.1 Å². The number of likely N-dealkylation sites (N-methyl/N-ethyl adjacent to an activating group) is 1. The van der Waals surface area contributed by atoms with Crippen LogP contribution in [0, 0.1) is 6.92 Å². The van der Waals surface area contributed by atoms with Gasteiger partial charge in [0.15, 0.2) is 0 Å². The number of nitrogens with zero attached hydrogens (tertiary/aromatic N) is 5. The predicted octanol–water partition coefficient (Wildman–Crippen LogP) is 2.53. The Labute approximate surface area is 208 Å². The van der Waals surface area contributed by atoms with Crippen LogP contribution >= 0.6 is 24.0 Å². The second-order valence-corrected chi connectivity index (χ2v) is 10.6. The summed E-state index contributed by atoms with van der Waals surface area (Å²) in [5.41, 5.74) is 1.84. The van der Waals surface area contributed by atoms with Crippen LogP contribution in [0.5, 0.6) is 0 Å². The van der Waals surface area contributed by atoms with Crippen LogP contribution in [0.3, 0.4) is 0 Å². The summed E-state index contributed by atoms with van der Waals surface area (Å²) in [4.78, 5) is 38.5. The van der Waals surface area contributed by atoms with Crippen molar-refractivity contribution in [1.82, 2.24) is 19.2 Å². The summed E-state index contributed by atoms with van der Waals surface area (Å²) >= 11 is 6.76. The van der Waals surface area contributed by atoms with E-state index in [9.17, 15) is 9.59 Å². The van der Waals surface area contributed by atoms with Crippen molar-refractivity contribution in [3.05, 3.63) is 44.7 Å². The Morgan fingerprint density at radius 2 is 2.06 bits per heavy atom. The van der Waals surface area contributed by atoms with Gasteiger partial charge in [-0.3, -0.25) is 18.9 Å². The number of pyridine rings is 1. The van der Waals surface area contributed by atoms with Gasteiger partial charge >= 0.3 is 0 Å². The molecule has 1 unspecified atom stereocenters. The molecule has 8 nitrogen and oxygen atoms in total. The minimum Gasteiger partial charge on any atom is -0.376 e. The summed E-state index contributed by atoms with van der Waals surface area (Å²) in [5, 5.41) is 0. The minimum absolute atomic E-state index is 0.0169. The SMILES string of the molecule is CCN1CCN(c2nc3c(C)cccn3c(=O)c2/C=C2/SC(=S)N(CC3CCCO3)C2=O)CC1. The van der Waals surface area contributed by atoms with E-state index >= 15 is 0 Å². The van der Waals surface area contributed by atoms with Crippen molar-refractivity contribution in [2.75, 3.05) is 50.8 Å². The van der Waals surface area contributed by atoms with Gasteiger partial charge in [-0.2, -0.15) is 0 Å². The molecule has 0 spiro atoms. The van der Waals surface area contributed by atoms with E-state index in [1.165, 1.54) is 11.8 Å². The van der Waals surface area contributed by atoms with Gasteiger partial charge < -0.3 is 14.5 Å². The van der Waals surface area contributed by atoms with Crippen molar-refractivity contribution in [3.63, 3.8) is 0 Å². The van der Waals surface area contributed by atoms with E-state index in [4.69, 9.17) is 21.9 Å². The topological polar surface area (TPSA) is 70.4 Å². The van der Waals surface area contributed by atoms with Crippen LogP contribution in [0.4, 0.5) is 5.82 Å². The molecule has 5 heterocycles. The fourth-order valence-corrected chi connectivity index (χ4v) is 5.98. The zero-order valence-electron chi connectivity index (χ0n) is 19.5. The highest BCUT2D eigenvalue weighted by Crippen LogP contribution is 2.34. The molecule has 10 heteroatoms. The number of hydrogen-bond donors (Lipinski definition) is 0. The highest BCUT2D eigenvalue weighted by molar-refractivity contribution is 8.26. The van der Waals surface area contributed by atoms with Crippen LogP contribution in [0.25, 0.3) is 11.7 Å². The third kappa shape index (κ3) is 4.39. The number of ether oxygens (including phenoxy) is 1. The smallest absolute Gasteiger partial charge is 0.267 e. The molecule has 3 fully saturated rings. The van der Waals surface area contributed by atoms with Gasteiger partial charge in [-0.1, -0.05) is 37.0 Å². The van der Waals surface area contributed by atoms with Crippen molar-refractivity contribution in [2.45, 2.75) is 32.8 Å². The van der Waals surface area contributed by atoms with Gasteiger partial charge in [0.05, 0.1) is 23.1 Å². The second-order valence-electron chi connectivity index (χ2n) is 8.89. The van der Waals surface area contributed by atoms with Gasteiger partial charge in [-0.15, -0.1) is 0 Å². The summed E-state index contributed by atoms with van der Waals surface area (Å²) in [7, 11) is 0. The van der Waals surface area contributed by atoms with Crippen LogP contribution in [-0.4, -0.2) is 81.4 Å². The molecule has 3 aliphatic rings. The maximum absolute atomic E-state index is 13.7. The second kappa shape index (κ2) is 9.77. The highest BCUT2D eigenvalue weighted by atomic mass is 32.2. The van der Waals surface area contributed by atoms with Gasteiger partial charge in [0.1, 0.15) is 15.8 Å². The zero-order valence-corrected chi connectivity index (χ0v) is 21.2. The Hall–Kier alpha value is -2.27. The summed E-state index contributed by atoms with van der Waals surface area (Å²) < 4.78 is 7.78. The van der Waals surface area contributed by atoms with E-state index in [-0.39, 0.29) is 17.6 Å². The summed E-state index contributed by atoms with van der Waals surface area (Å²) in [6.07, 6.45) is 5.38. The molecule has 3 aliphatic heterocycles. The van der Waals surface area contributed by atoms with E-state index in [1.54, 1.807) is 21.6 Å². The van der Waals surface area contributed by atoms with Crippen LogP contribution in [0.15, 0.2) is 28.0 Å². The van der Waals surface area contributed by atoms with Gasteiger partial charge in [-0.05, 0) is 44.0 Å². The number of aromatic nitrogens is 2. The molecule has 0 saturated carbocycles. The Morgan fingerprint density at radius 3 is 2.76 bits per heavy atom. The largest absolute Gasteiger partial charge is 0.376 e. The molecule has 3 saturated heterocycles. The van der Waals surface area contributed by atoms with Crippen LogP contribution < -0.4 is 10.5 Å². The lowest BCUT2D eigenvalue weighted by molar-refractivity contribution is -0.123. The number of amides is 1. The normalized spacial score (nSPS) is 23.1. The number of anilines is 1. The molecule has 0 radical (unpaired) electrons. The summed E-state index contributed by atoms with van der Waals surface area (Å²) in [6.45, 7) is 9.68. The summed E-state index contributed by atoms with van der Waals surface area (Å²) in [5.74, 6) is 0.473. The van der Waals surface area contributed by atoms with Crippen LogP contribution in [0.1, 0.15) is 30.9 Å². The first-order chi connectivity index (χ1) is 16.5. The molecular formula is C24H29N5O3S2. The average molecular weight is 500 g/mol. The van der Waals surface area contributed by atoms with Crippen molar-refractivity contribution >= 4 is 51.7 Å². The lowest BCUT2D eigenvalue weighted by Gasteiger charge is -2.35. The number of carbonyl (C=O) groups is 1. The predicted molar refractivity (Wildman–Crippen MR) is 139 cm³/mol. The third-order valence-electron chi connectivity index (χ3n) is 6.74. The number of fused-ring (bicyclic) bond motifs is 1. The molecule has 1 atom stereocenters. The first-order valence-electron chi connectivity index (χ1n) is 11.8. The number of thioether (sulfide) groups is 1. The molecule has 0 aromatic carbocycles. The minimum atomic E-state index is -0.175. The fraction of sp³-hybridized carbons (Fsp3) is 0.500. The average Bonchev–Trinajstić information content (AvgIpc) is 3.45. The number of aryl methyl sites for hydroxylation is 1. The molecule has 180 valence electrons. The lowest BCUT2D eigenvalue weighted by Crippen LogP contribution is -2.47. The van der Waals surface area contributed by atoms with E-state index in [2.05, 4.69) is 16.7 Å². The van der Waals surface area contributed by atoms with Crippen molar-refractivity contribution in [2.24, 2.45) is 0 Å². The van der Waals surface area contributed by atoms with E-state index < -0.39 is 0 Å². The molecular weight excluding hydrogens is 470 g/mol. The number of hydrogen-bond acceptors (Lipinski definition) is 8. The van der Waals surface area contributed by atoms with Gasteiger partial charge in [-0.25, -0.2) is 4.98 Å². The van der Waals surface area contributed by atoms with Crippen molar-refractivity contribution in [1.29, 1.82) is 0 Å². The Kier molecular flexibility index (Phi) is 6.74. The molecule has 34 heavy (non-hydrogen) atoms. The molecule has 0 aliphatic carbocycles. The first-order valence-corrected chi connectivity index (χ1v) is 13.0. The monoisotopic (exact) mass is 499 g/mol. The number of rotatable bonds is 5. The first kappa shape index (κ1) is 23.5. The van der Waals surface area contributed by atoms with Gasteiger partial charge in [0.2, 0.25) is 0 Å². The summed E-state index contributed by atoms with van der Waals surface area (Å²) in [6, 6.07) is 3.80.